The molecule has 0 saturated carbocycles. The number of hydrogen-bond donors (Lipinski definition) is 0. The Labute approximate surface area is 148 Å². The van der Waals surface area contributed by atoms with E-state index >= 15 is 0 Å². The molecule has 0 N–H and O–H groups in total. The van der Waals surface area contributed by atoms with Crippen LogP contribution in [0, 0.1) is 0 Å². The van der Waals surface area contributed by atoms with Crippen LogP contribution in [0.2, 0.25) is 0 Å². The molecule has 3 rings (SSSR count). The van der Waals surface area contributed by atoms with Gasteiger partial charge in [-0.3, -0.25) is 0 Å². The Morgan fingerprint density at radius 2 is 1.72 bits per heavy atom. The van der Waals surface area contributed by atoms with Gasteiger partial charge in [0.05, 0.1) is 13.2 Å². The second-order valence-corrected chi connectivity index (χ2v) is 5.65. The van der Waals surface area contributed by atoms with Crippen LogP contribution in [0.4, 0.5) is 0 Å². The van der Waals surface area contributed by atoms with Crippen molar-refractivity contribution in [3.05, 3.63) is 89.6 Å². The summed E-state index contributed by atoms with van der Waals surface area (Å²) >= 11 is 0. The molecule has 1 aliphatic rings. The third-order valence-corrected chi connectivity index (χ3v) is 3.57. The minimum Gasteiger partial charge on any atom is -0.660 e. The van der Waals surface area contributed by atoms with Crippen LogP contribution in [-0.4, -0.2) is 12.8 Å². The predicted octanol–water partition coefficient (Wildman–Crippen LogP) is 5.18. The number of allylic oxidation sites excluding steroid dienone is 1. The first-order valence-corrected chi connectivity index (χ1v) is 8.48. The zero-order chi connectivity index (χ0) is 17.3. The van der Waals surface area contributed by atoms with Gasteiger partial charge in [0.25, 0.3) is 0 Å². The molecular formula is C21H22NO3-. The van der Waals surface area contributed by atoms with Crippen LogP contribution >= 0.6 is 0 Å². The summed E-state index contributed by atoms with van der Waals surface area (Å²) in [6.07, 6.45) is 6.17. The largest absolute Gasteiger partial charge is 0.660 e. The van der Waals surface area contributed by atoms with E-state index in [-0.39, 0.29) is 6.23 Å². The summed E-state index contributed by atoms with van der Waals surface area (Å²) in [5, 5.41) is 4.36. The average molecular weight is 336 g/mol. The van der Waals surface area contributed by atoms with Crippen LogP contribution < -0.4 is 9.47 Å². The first-order chi connectivity index (χ1) is 12.3. The second kappa shape index (κ2) is 8.94. The second-order valence-electron chi connectivity index (χ2n) is 5.65. The van der Waals surface area contributed by atoms with Gasteiger partial charge in [0.15, 0.2) is 0 Å². The van der Waals surface area contributed by atoms with E-state index in [1.165, 1.54) is 0 Å². The highest BCUT2D eigenvalue weighted by molar-refractivity contribution is 5.36. The lowest BCUT2D eigenvalue weighted by molar-refractivity contribution is 0.0954. The molecule has 0 aliphatic carbocycles. The van der Waals surface area contributed by atoms with Gasteiger partial charge in [0.1, 0.15) is 17.3 Å². The Morgan fingerprint density at radius 1 is 0.960 bits per heavy atom. The monoisotopic (exact) mass is 336 g/mol. The van der Waals surface area contributed by atoms with E-state index in [0.29, 0.717) is 12.4 Å². The third kappa shape index (κ3) is 5.40. The summed E-state index contributed by atoms with van der Waals surface area (Å²) < 4.78 is 17.1. The fourth-order valence-corrected chi connectivity index (χ4v) is 2.29. The number of benzene rings is 2. The molecule has 1 unspecified atom stereocenters. The summed E-state index contributed by atoms with van der Waals surface area (Å²) in [6.45, 7) is 3.33. The SMILES string of the molecule is CCCOc1ccc(OC2=C[N-]C(OCc3ccccc3)C=C2)cc1. The maximum atomic E-state index is 5.80. The average Bonchev–Trinajstić information content (AvgIpc) is 2.68. The molecule has 0 amide bonds. The van der Waals surface area contributed by atoms with Gasteiger partial charge in [-0.1, -0.05) is 43.3 Å². The fraction of sp³-hybridized carbons (Fsp3) is 0.238. The van der Waals surface area contributed by atoms with Crippen LogP contribution in [0.15, 0.2) is 78.7 Å². The van der Waals surface area contributed by atoms with Crippen molar-refractivity contribution in [2.45, 2.75) is 26.2 Å². The molecule has 4 heteroatoms. The molecule has 4 nitrogen and oxygen atoms in total. The molecule has 0 spiro atoms. The van der Waals surface area contributed by atoms with Crippen LogP contribution in [-0.2, 0) is 11.3 Å². The zero-order valence-corrected chi connectivity index (χ0v) is 14.3. The smallest absolute Gasteiger partial charge is 0.127 e. The number of rotatable bonds is 8. The highest BCUT2D eigenvalue weighted by Crippen LogP contribution is 2.23. The Bertz CT molecular complexity index is 708. The molecule has 25 heavy (non-hydrogen) atoms. The van der Waals surface area contributed by atoms with Crippen molar-refractivity contribution in [3.63, 3.8) is 0 Å². The van der Waals surface area contributed by atoms with Gasteiger partial charge in [-0.2, -0.15) is 0 Å². The Morgan fingerprint density at radius 3 is 2.40 bits per heavy atom. The van der Waals surface area contributed by atoms with Crippen LogP contribution in [0.3, 0.4) is 0 Å². The number of nitrogens with zero attached hydrogens (tertiary/aromatic N) is 1. The lowest BCUT2D eigenvalue weighted by Crippen LogP contribution is -2.11. The van der Waals surface area contributed by atoms with E-state index in [4.69, 9.17) is 14.2 Å². The van der Waals surface area contributed by atoms with Gasteiger partial charge < -0.3 is 19.5 Å². The van der Waals surface area contributed by atoms with Crippen molar-refractivity contribution in [2.75, 3.05) is 6.61 Å². The van der Waals surface area contributed by atoms with Gasteiger partial charge in [-0.25, -0.2) is 0 Å². The maximum absolute atomic E-state index is 5.80. The Kier molecular flexibility index (Phi) is 6.12. The standard InChI is InChI=1S/C21H22NO3/c1-2-14-23-18-8-10-19(11-9-18)25-20-12-13-21(22-15-20)24-16-17-6-4-3-5-7-17/h3-13,15,21H,2,14,16H2,1H3/q-1. The summed E-state index contributed by atoms with van der Waals surface area (Å²) in [4.78, 5) is 0. The molecule has 130 valence electrons. The van der Waals surface area contributed by atoms with E-state index < -0.39 is 0 Å². The molecule has 0 saturated heterocycles. The summed E-state index contributed by atoms with van der Waals surface area (Å²) in [5.41, 5.74) is 1.13. The quantitative estimate of drug-likeness (QED) is 0.667. The number of ether oxygens (including phenoxy) is 3. The molecule has 0 radical (unpaired) electrons. The van der Waals surface area contributed by atoms with Gasteiger partial charge >= 0.3 is 0 Å². The highest BCUT2D eigenvalue weighted by atomic mass is 16.5. The van der Waals surface area contributed by atoms with E-state index in [0.717, 1.165) is 30.1 Å². The van der Waals surface area contributed by atoms with Crippen molar-refractivity contribution >= 4 is 0 Å². The van der Waals surface area contributed by atoms with Gasteiger partial charge in [-0.15, -0.1) is 6.20 Å². The van der Waals surface area contributed by atoms with Crippen molar-refractivity contribution in [1.82, 2.24) is 0 Å². The number of hydrogen-bond acceptors (Lipinski definition) is 3. The first kappa shape index (κ1) is 17.1. The van der Waals surface area contributed by atoms with Crippen molar-refractivity contribution in [3.8, 4) is 11.5 Å². The third-order valence-electron chi connectivity index (χ3n) is 3.57. The molecule has 2 aromatic rings. The zero-order valence-electron chi connectivity index (χ0n) is 14.3. The molecule has 2 aromatic carbocycles. The van der Waals surface area contributed by atoms with E-state index in [1.54, 1.807) is 6.20 Å². The maximum Gasteiger partial charge on any atom is 0.127 e. The van der Waals surface area contributed by atoms with Crippen LogP contribution in [0.5, 0.6) is 11.5 Å². The lowest BCUT2D eigenvalue weighted by atomic mass is 10.2. The van der Waals surface area contributed by atoms with Crippen molar-refractivity contribution in [1.29, 1.82) is 0 Å². The van der Waals surface area contributed by atoms with E-state index in [9.17, 15) is 0 Å². The Balaban J connectivity index is 1.46. The van der Waals surface area contributed by atoms with Gasteiger partial charge in [0.2, 0.25) is 0 Å². The summed E-state index contributed by atoms with van der Waals surface area (Å²) in [6, 6.07) is 17.6. The minimum atomic E-state index is -0.280. The fourth-order valence-electron chi connectivity index (χ4n) is 2.29. The van der Waals surface area contributed by atoms with E-state index in [1.807, 2.05) is 66.7 Å². The molecule has 0 bridgehead atoms. The predicted molar refractivity (Wildman–Crippen MR) is 98.5 cm³/mol. The van der Waals surface area contributed by atoms with Gasteiger partial charge in [-0.05, 0) is 42.3 Å². The van der Waals surface area contributed by atoms with Gasteiger partial charge in [0, 0.05) is 6.23 Å². The van der Waals surface area contributed by atoms with Crippen LogP contribution in [0.25, 0.3) is 5.32 Å². The van der Waals surface area contributed by atoms with Crippen LogP contribution in [0.1, 0.15) is 18.9 Å². The lowest BCUT2D eigenvalue weighted by Gasteiger charge is -2.30. The molecule has 0 fully saturated rings. The summed E-state index contributed by atoms with van der Waals surface area (Å²) in [5.74, 6) is 2.28. The topological polar surface area (TPSA) is 41.8 Å². The molecule has 1 atom stereocenters. The summed E-state index contributed by atoms with van der Waals surface area (Å²) in [7, 11) is 0. The highest BCUT2D eigenvalue weighted by Gasteiger charge is 2.03. The van der Waals surface area contributed by atoms with Crippen molar-refractivity contribution < 1.29 is 14.2 Å². The van der Waals surface area contributed by atoms with Crippen molar-refractivity contribution in [2.24, 2.45) is 0 Å². The minimum absolute atomic E-state index is 0.280. The molecule has 1 heterocycles. The first-order valence-electron chi connectivity index (χ1n) is 8.48. The Hall–Kier alpha value is -2.72. The van der Waals surface area contributed by atoms with E-state index in [2.05, 4.69) is 12.2 Å². The molecule has 0 aromatic heterocycles. The normalized spacial score (nSPS) is 16.0. The molecular weight excluding hydrogens is 314 g/mol. The molecule has 1 aliphatic heterocycles.